The summed E-state index contributed by atoms with van der Waals surface area (Å²) in [5.74, 6) is -0.751. The Morgan fingerprint density at radius 1 is 1.50 bits per heavy atom. The monoisotopic (exact) mass is 213 g/mol. The van der Waals surface area contributed by atoms with Crippen molar-refractivity contribution in [1.82, 2.24) is 0 Å². The normalized spacial score (nSPS) is 18.6. The van der Waals surface area contributed by atoms with Crippen LogP contribution in [0, 0.1) is 0 Å². The summed E-state index contributed by atoms with van der Waals surface area (Å²) >= 11 is 0. The second-order valence-electron chi connectivity index (χ2n) is 3.30. The summed E-state index contributed by atoms with van der Waals surface area (Å²) in [5, 5.41) is 8.91. The van der Waals surface area contributed by atoms with Crippen molar-refractivity contribution in [1.29, 1.82) is 0 Å². The van der Waals surface area contributed by atoms with E-state index in [1.165, 1.54) is 0 Å². The number of hydrogen-bond acceptors (Lipinski definition) is 2. The molecule has 1 aromatic carbocycles. The number of nitrogens with zero attached hydrogens (tertiary/aromatic N) is 1. The summed E-state index contributed by atoms with van der Waals surface area (Å²) in [6.07, 6.45) is 0.613. The molecule has 1 atom stereocenters. The Bertz CT molecular complexity index is 354. The maximum absolute atomic E-state index is 10.8. The van der Waals surface area contributed by atoms with Gasteiger partial charge in [0.05, 0.1) is 0 Å². The molecule has 2 rings (SSSR count). The summed E-state index contributed by atoms with van der Waals surface area (Å²) in [4.78, 5) is 12.7. The van der Waals surface area contributed by atoms with Gasteiger partial charge in [-0.2, -0.15) is 0 Å². The van der Waals surface area contributed by atoms with Crippen molar-refractivity contribution >= 4 is 24.1 Å². The van der Waals surface area contributed by atoms with Gasteiger partial charge in [0.1, 0.15) is 6.04 Å². The highest BCUT2D eigenvalue weighted by Gasteiger charge is 2.31. The lowest BCUT2D eigenvalue weighted by atomic mass is 10.1. The fraction of sp³-hybridized carbons (Fsp3) is 0.300. The first kappa shape index (κ1) is 10.9. The van der Waals surface area contributed by atoms with Crippen LogP contribution < -0.4 is 4.90 Å². The average molecular weight is 214 g/mol. The Morgan fingerprint density at radius 2 is 2.14 bits per heavy atom. The first-order valence-corrected chi connectivity index (χ1v) is 4.23. The molecular formula is C10H12ClNO2. The van der Waals surface area contributed by atoms with Gasteiger partial charge in [-0.25, -0.2) is 4.79 Å². The first-order valence-electron chi connectivity index (χ1n) is 4.23. The summed E-state index contributed by atoms with van der Waals surface area (Å²) in [6.45, 7) is 0. The number of para-hydroxylation sites is 1. The van der Waals surface area contributed by atoms with Crippen molar-refractivity contribution in [2.75, 3.05) is 11.9 Å². The molecule has 0 bridgehead atoms. The van der Waals surface area contributed by atoms with Crippen LogP contribution in [-0.4, -0.2) is 24.2 Å². The predicted octanol–water partition coefficient (Wildman–Crippen LogP) is 1.55. The van der Waals surface area contributed by atoms with E-state index in [-0.39, 0.29) is 12.4 Å². The van der Waals surface area contributed by atoms with E-state index in [0.29, 0.717) is 6.42 Å². The number of fused-ring (bicyclic) bond motifs is 1. The van der Waals surface area contributed by atoms with Crippen molar-refractivity contribution in [2.45, 2.75) is 12.5 Å². The van der Waals surface area contributed by atoms with E-state index in [2.05, 4.69) is 0 Å². The Balaban J connectivity index is 0.000000980. The third-order valence-corrected chi connectivity index (χ3v) is 2.54. The van der Waals surface area contributed by atoms with Gasteiger partial charge >= 0.3 is 5.97 Å². The number of rotatable bonds is 1. The molecule has 76 valence electrons. The van der Waals surface area contributed by atoms with E-state index in [4.69, 9.17) is 5.11 Å². The van der Waals surface area contributed by atoms with Crippen LogP contribution in [0.3, 0.4) is 0 Å². The topological polar surface area (TPSA) is 40.5 Å². The lowest BCUT2D eigenvalue weighted by molar-refractivity contribution is -0.138. The van der Waals surface area contributed by atoms with Gasteiger partial charge in [0, 0.05) is 19.2 Å². The summed E-state index contributed by atoms with van der Waals surface area (Å²) in [5.41, 5.74) is 2.16. The molecule has 1 heterocycles. The maximum Gasteiger partial charge on any atom is 0.326 e. The number of likely N-dealkylation sites (N-methyl/N-ethyl adjacent to an activating group) is 1. The molecule has 1 aromatic rings. The van der Waals surface area contributed by atoms with Gasteiger partial charge in [-0.15, -0.1) is 12.4 Å². The van der Waals surface area contributed by atoms with Crippen molar-refractivity contribution < 1.29 is 9.90 Å². The van der Waals surface area contributed by atoms with E-state index in [9.17, 15) is 4.79 Å². The van der Waals surface area contributed by atoms with Crippen LogP contribution in [-0.2, 0) is 11.2 Å². The molecule has 0 aliphatic carbocycles. The zero-order chi connectivity index (χ0) is 9.42. The van der Waals surface area contributed by atoms with Gasteiger partial charge in [-0.1, -0.05) is 18.2 Å². The van der Waals surface area contributed by atoms with Gasteiger partial charge in [0.15, 0.2) is 0 Å². The highest BCUT2D eigenvalue weighted by atomic mass is 35.5. The molecule has 0 fully saturated rings. The maximum atomic E-state index is 10.8. The SMILES string of the molecule is CN1c2ccccc2C[C@H]1C(=O)O.Cl. The van der Waals surface area contributed by atoms with E-state index >= 15 is 0 Å². The molecule has 0 amide bonds. The average Bonchev–Trinajstić information content (AvgIpc) is 2.45. The molecule has 0 radical (unpaired) electrons. The van der Waals surface area contributed by atoms with Gasteiger partial charge in [-0.05, 0) is 11.6 Å². The van der Waals surface area contributed by atoms with E-state index < -0.39 is 12.0 Å². The van der Waals surface area contributed by atoms with Gasteiger partial charge in [-0.3, -0.25) is 0 Å². The third-order valence-electron chi connectivity index (χ3n) is 2.54. The lowest BCUT2D eigenvalue weighted by Crippen LogP contribution is -2.35. The van der Waals surface area contributed by atoms with E-state index in [0.717, 1.165) is 11.3 Å². The van der Waals surface area contributed by atoms with Crippen LogP contribution in [0.5, 0.6) is 0 Å². The van der Waals surface area contributed by atoms with Crippen molar-refractivity contribution in [3.05, 3.63) is 29.8 Å². The molecule has 0 spiro atoms. The standard InChI is InChI=1S/C10H11NO2.ClH/c1-11-8-5-3-2-4-7(8)6-9(11)10(12)13;/h2-5,9H,6H2,1H3,(H,12,13);1H/t9-;/m0./s1. The highest BCUT2D eigenvalue weighted by Crippen LogP contribution is 2.30. The van der Waals surface area contributed by atoms with Crippen LogP contribution in [0.2, 0.25) is 0 Å². The number of hydrogen-bond donors (Lipinski definition) is 1. The number of anilines is 1. The number of aliphatic carboxylic acids is 1. The minimum absolute atomic E-state index is 0. The molecule has 0 aromatic heterocycles. The zero-order valence-corrected chi connectivity index (χ0v) is 8.62. The largest absolute Gasteiger partial charge is 0.480 e. The highest BCUT2D eigenvalue weighted by molar-refractivity contribution is 5.85. The minimum atomic E-state index is -0.751. The van der Waals surface area contributed by atoms with E-state index in [1.54, 1.807) is 0 Å². The number of halogens is 1. The van der Waals surface area contributed by atoms with Crippen LogP contribution >= 0.6 is 12.4 Å². The summed E-state index contributed by atoms with van der Waals surface area (Å²) in [7, 11) is 1.82. The fourth-order valence-corrected chi connectivity index (χ4v) is 1.79. The van der Waals surface area contributed by atoms with E-state index in [1.807, 2.05) is 36.2 Å². The van der Waals surface area contributed by atoms with Gasteiger partial charge in [0.2, 0.25) is 0 Å². The van der Waals surface area contributed by atoms with Crippen LogP contribution in [0.25, 0.3) is 0 Å². The minimum Gasteiger partial charge on any atom is -0.480 e. The second kappa shape index (κ2) is 3.88. The van der Waals surface area contributed by atoms with Gasteiger partial charge < -0.3 is 10.0 Å². The van der Waals surface area contributed by atoms with Crippen LogP contribution in [0.15, 0.2) is 24.3 Å². The van der Waals surface area contributed by atoms with Crippen molar-refractivity contribution in [3.8, 4) is 0 Å². The van der Waals surface area contributed by atoms with Crippen molar-refractivity contribution in [3.63, 3.8) is 0 Å². The first-order chi connectivity index (χ1) is 6.20. The molecule has 3 nitrogen and oxygen atoms in total. The molecule has 0 unspecified atom stereocenters. The summed E-state index contributed by atoms with van der Waals surface area (Å²) < 4.78 is 0. The Kier molecular flexibility index (Phi) is 3.01. The quantitative estimate of drug-likeness (QED) is 0.770. The van der Waals surface area contributed by atoms with Crippen molar-refractivity contribution in [2.24, 2.45) is 0 Å². The second-order valence-corrected chi connectivity index (χ2v) is 3.30. The fourth-order valence-electron chi connectivity index (χ4n) is 1.79. The molecule has 1 N–H and O–H groups in total. The molecule has 1 aliphatic heterocycles. The molecular weight excluding hydrogens is 202 g/mol. The lowest BCUT2D eigenvalue weighted by Gasteiger charge is -2.18. The van der Waals surface area contributed by atoms with Crippen LogP contribution in [0.1, 0.15) is 5.56 Å². The Hall–Kier alpha value is -1.22. The number of carboxylic acid groups (broad SMARTS) is 1. The Labute approximate surface area is 88.8 Å². The number of carbonyl (C=O) groups is 1. The number of benzene rings is 1. The smallest absolute Gasteiger partial charge is 0.326 e. The Morgan fingerprint density at radius 3 is 2.71 bits per heavy atom. The molecule has 14 heavy (non-hydrogen) atoms. The molecule has 4 heteroatoms. The van der Waals surface area contributed by atoms with Crippen LogP contribution in [0.4, 0.5) is 5.69 Å². The third kappa shape index (κ3) is 1.55. The molecule has 1 aliphatic rings. The summed E-state index contributed by atoms with van der Waals surface area (Å²) in [6, 6.07) is 7.42. The number of carboxylic acids is 1. The van der Waals surface area contributed by atoms with Gasteiger partial charge in [0.25, 0.3) is 0 Å². The molecule has 0 saturated carbocycles. The predicted molar refractivity (Wildman–Crippen MR) is 57.2 cm³/mol. The molecule has 0 saturated heterocycles. The zero-order valence-electron chi connectivity index (χ0n) is 7.80.